The number of piperidine rings is 3. The third-order valence-electron chi connectivity index (χ3n) is 6.31. The molecule has 5 heterocycles. The fourth-order valence-corrected chi connectivity index (χ4v) is 5.32. The van der Waals surface area contributed by atoms with Gasteiger partial charge in [0.05, 0.1) is 5.69 Å². The summed E-state index contributed by atoms with van der Waals surface area (Å²) in [6.07, 6.45) is 5.36. The number of nitrogens with one attached hydrogen (secondary N) is 2. The molecule has 29 heavy (non-hydrogen) atoms. The topological polar surface area (TPSA) is 60.5 Å². The van der Waals surface area contributed by atoms with E-state index in [4.69, 9.17) is 0 Å². The summed E-state index contributed by atoms with van der Waals surface area (Å²) in [6, 6.07) is 8.43. The highest BCUT2D eigenvalue weighted by Crippen LogP contribution is 2.36. The Morgan fingerprint density at radius 2 is 2.31 bits per heavy atom. The summed E-state index contributed by atoms with van der Waals surface area (Å²) in [5.41, 5.74) is 2.03. The smallest absolute Gasteiger partial charge is 0.319 e. The van der Waals surface area contributed by atoms with Crippen LogP contribution in [0.25, 0.3) is 0 Å². The number of likely N-dealkylation sites (N-methyl/N-ethyl adjacent to an activating group) is 1. The SMILES string of the molecule is CN(CCc1ccccn1)C[C@@H]1CN2CC[C@H]1C[C@@H]2CNC(=O)Nc1ccsc1. The molecule has 2 N–H and O–H groups in total. The Morgan fingerprint density at radius 1 is 1.38 bits per heavy atom. The van der Waals surface area contributed by atoms with Crippen molar-refractivity contribution in [2.45, 2.75) is 25.3 Å². The minimum atomic E-state index is -0.100. The summed E-state index contributed by atoms with van der Waals surface area (Å²) >= 11 is 1.59. The van der Waals surface area contributed by atoms with E-state index >= 15 is 0 Å². The molecule has 1 unspecified atom stereocenters. The molecule has 0 aromatic carbocycles. The van der Waals surface area contributed by atoms with Gasteiger partial charge in [-0.1, -0.05) is 6.07 Å². The molecule has 0 spiro atoms. The van der Waals surface area contributed by atoms with Crippen LogP contribution < -0.4 is 10.6 Å². The number of hydrogen-bond donors (Lipinski definition) is 2. The molecule has 2 amide bonds. The molecule has 3 fully saturated rings. The molecule has 0 aliphatic carbocycles. The number of hydrogen-bond acceptors (Lipinski definition) is 5. The Balaban J connectivity index is 1.20. The van der Waals surface area contributed by atoms with E-state index in [0.717, 1.165) is 56.7 Å². The van der Waals surface area contributed by atoms with Gasteiger partial charge in [0.1, 0.15) is 0 Å². The van der Waals surface area contributed by atoms with E-state index in [1.54, 1.807) is 11.3 Å². The summed E-state index contributed by atoms with van der Waals surface area (Å²) in [7, 11) is 2.23. The van der Waals surface area contributed by atoms with Crippen molar-refractivity contribution in [3.05, 3.63) is 46.9 Å². The lowest BCUT2D eigenvalue weighted by molar-refractivity contribution is -0.00803. The highest BCUT2D eigenvalue weighted by Gasteiger charge is 2.40. The van der Waals surface area contributed by atoms with Crippen LogP contribution in [0.5, 0.6) is 0 Å². The zero-order valence-corrected chi connectivity index (χ0v) is 17.9. The maximum absolute atomic E-state index is 12.1. The third kappa shape index (κ3) is 5.56. The number of amides is 2. The largest absolute Gasteiger partial charge is 0.336 e. The zero-order chi connectivity index (χ0) is 20.1. The first kappa shape index (κ1) is 20.3. The normalized spacial score (nSPS) is 25.9. The highest BCUT2D eigenvalue weighted by molar-refractivity contribution is 7.08. The molecule has 2 bridgehead atoms. The molecule has 2 aromatic heterocycles. The van der Waals surface area contributed by atoms with Crippen LogP contribution in [0.2, 0.25) is 0 Å². The Labute approximate surface area is 177 Å². The molecular weight excluding hydrogens is 382 g/mol. The number of urea groups is 1. The minimum Gasteiger partial charge on any atom is -0.336 e. The van der Waals surface area contributed by atoms with E-state index < -0.39 is 0 Å². The van der Waals surface area contributed by atoms with E-state index in [0.29, 0.717) is 6.04 Å². The van der Waals surface area contributed by atoms with Gasteiger partial charge in [0, 0.05) is 55.9 Å². The summed E-state index contributed by atoms with van der Waals surface area (Å²) < 4.78 is 0. The second kappa shape index (κ2) is 9.69. The third-order valence-corrected chi connectivity index (χ3v) is 7.00. The number of pyridine rings is 1. The molecule has 3 aliphatic heterocycles. The number of carbonyl (C=O) groups excluding carboxylic acids is 1. The first-order chi connectivity index (χ1) is 14.2. The average molecular weight is 414 g/mol. The number of fused-ring (bicyclic) bond motifs is 3. The molecule has 7 heteroatoms. The van der Waals surface area contributed by atoms with Gasteiger partial charge in [0.2, 0.25) is 0 Å². The predicted octanol–water partition coefficient (Wildman–Crippen LogP) is 3.15. The quantitative estimate of drug-likeness (QED) is 0.698. The van der Waals surface area contributed by atoms with Crippen molar-refractivity contribution in [1.82, 2.24) is 20.1 Å². The molecule has 3 saturated heterocycles. The number of rotatable bonds is 8. The Bertz CT molecular complexity index is 769. The van der Waals surface area contributed by atoms with Crippen LogP contribution in [0.4, 0.5) is 10.5 Å². The fourth-order valence-electron chi connectivity index (χ4n) is 4.73. The molecular formula is C22H31N5OS. The molecule has 6 nitrogen and oxygen atoms in total. The fraction of sp³-hybridized carbons (Fsp3) is 0.545. The summed E-state index contributed by atoms with van der Waals surface area (Å²) in [6.45, 7) is 5.24. The lowest BCUT2D eigenvalue weighted by Gasteiger charge is -2.50. The first-order valence-electron chi connectivity index (χ1n) is 10.6. The predicted molar refractivity (Wildman–Crippen MR) is 118 cm³/mol. The first-order valence-corrected chi connectivity index (χ1v) is 11.5. The van der Waals surface area contributed by atoms with Gasteiger partial charge in [-0.25, -0.2) is 4.79 Å². The van der Waals surface area contributed by atoms with Gasteiger partial charge >= 0.3 is 6.03 Å². The van der Waals surface area contributed by atoms with E-state index in [1.165, 1.54) is 18.5 Å². The zero-order valence-electron chi connectivity index (χ0n) is 17.1. The maximum Gasteiger partial charge on any atom is 0.319 e. The molecule has 0 saturated carbocycles. The van der Waals surface area contributed by atoms with Crippen molar-refractivity contribution < 1.29 is 4.79 Å². The van der Waals surface area contributed by atoms with Crippen molar-refractivity contribution >= 4 is 23.1 Å². The van der Waals surface area contributed by atoms with Crippen LogP contribution in [0.3, 0.4) is 0 Å². The van der Waals surface area contributed by atoms with Gasteiger partial charge in [-0.05, 0) is 61.8 Å². The van der Waals surface area contributed by atoms with Gasteiger partial charge in [-0.15, -0.1) is 0 Å². The van der Waals surface area contributed by atoms with Gasteiger partial charge in [0.25, 0.3) is 0 Å². The van der Waals surface area contributed by atoms with Crippen LogP contribution in [-0.4, -0.2) is 66.6 Å². The molecule has 3 aliphatic rings. The number of anilines is 1. The Hall–Kier alpha value is -1.96. The monoisotopic (exact) mass is 413 g/mol. The second-order valence-corrected chi connectivity index (χ2v) is 9.15. The molecule has 0 radical (unpaired) electrons. The van der Waals surface area contributed by atoms with E-state index in [-0.39, 0.29) is 6.03 Å². The van der Waals surface area contributed by atoms with Crippen LogP contribution in [0, 0.1) is 11.8 Å². The van der Waals surface area contributed by atoms with Crippen molar-refractivity contribution in [1.29, 1.82) is 0 Å². The lowest BCUT2D eigenvalue weighted by atomic mass is 9.75. The summed E-state index contributed by atoms with van der Waals surface area (Å²) in [5, 5.41) is 9.88. The van der Waals surface area contributed by atoms with Gasteiger partial charge in [0.15, 0.2) is 0 Å². The second-order valence-electron chi connectivity index (χ2n) is 8.37. The standard InChI is InChI=1S/C22H31N5OS/c1-26(9-6-19-4-2-3-8-23-19)14-18-15-27-10-5-17(18)12-21(27)13-24-22(28)25-20-7-11-29-16-20/h2-4,7-8,11,16-18,21H,5-6,9-10,12-15H2,1H3,(H2,24,25,28)/t17-,18+,21+/m0/s1. The number of nitrogens with zero attached hydrogens (tertiary/aromatic N) is 3. The molecule has 156 valence electrons. The minimum absolute atomic E-state index is 0.100. The Kier molecular flexibility index (Phi) is 6.79. The van der Waals surface area contributed by atoms with Gasteiger partial charge < -0.3 is 15.5 Å². The van der Waals surface area contributed by atoms with Crippen molar-refractivity contribution in [2.75, 3.05) is 45.1 Å². The van der Waals surface area contributed by atoms with Crippen LogP contribution in [0.1, 0.15) is 18.5 Å². The van der Waals surface area contributed by atoms with Crippen LogP contribution in [0.15, 0.2) is 41.2 Å². The van der Waals surface area contributed by atoms with Gasteiger partial charge in [-0.2, -0.15) is 11.3 Å². The van der Waals surface area contributed by atoms with Crippen LogP contribution >= 0.6 is 11.3 Å². The van der Waals surface area contributed by atoms with Crippen molar-refractivity contribution in [3.63, 3.8) is 0 Å². The average Bonchev–Trinajstić information content (AvgIpc) is 3.25. The number of aromatic nitrogens is 1. The number of carbonyl (C=O) groups is 1. The van der Waals surface area contributed by atoms with Crippen molar-refractivity contribution in [2.24, 2.45) is 11.8 Å². The lowest BCUT2D eigenvalue weighted by Crippen LogP contribution is -2.58. The summed E-state index contributed by atoms with van der Waals surface area (Å²) in [5.74, 6) is 1.50. The van der Waals surface area contributed by atoms with Crippen molar-refractivity contribution in [3.8, 4) is 0 Å². The Morgan fingerprint density at radius 3 is 3.03 bits per heavy atom. The summed E-state index contributed by atoms with van der Waals surface area (Å²) in [4.78, 5) is 21.6. The van der Waals surface area contributed by atoms with E-state index in [2.05, 4.69) is 44.6 Å². The number of thiophene rings is 1. The van der Waals surface area contributed by atoms with E-state index in [1.807, 2.05) is 29.1 Å². The van der Waals surface area contributed by atoms with Crippen LogP contribution in [-0.2, 0) is 6.42 Å². The maximum atomic E-state index is 12.1. The molecule has 5 rings (SSSR count). The van der Waals surface area contributed by atoms with E-state index in [9.17, 15) is 4.79 Å². The van der Waals surface area contributed by atoms with Gasteiger partial charge in [-0.3, -0.25) is 9.88 Å². The molecule has 2 aromatic rings. The molecule has 4 atom stereocenters. The highest BCUT2D eigenvalue weighted by atomic mass is 32.1.